The number of hydrogen-bond acceptors (Lipinski definition) is 2. The van der Waals surface area contributed by atoms with Crippen LogP contribution in [0, 0.1) is 0 Å². The molecular weight excluding hydrogens is 236 g/mol. The van der Waals surface area contributed by atoms with Crippen LogP contribution < -0.4 is 0 Å². The first-order valence-corrected chi connectivity index (χ1v) is 7.75. The first-order valence-electron chi connectivity index (χ1n) is 7.75. The van der Waals surface area contributed by atoms with Crippen molar-refractivity contribution >= 4 is 5.78 Å². The van der Waals surface area contributed by atoms with Gasteiger partial charge in [0.2, 0.25) is 0 Å². The highest BCUT2D eigenvalue weighted by Crippen LogP contribution is 2.18. The first-order chi connectivity index (χ1) is 9.15. The molecule has 3 heteroatoms. The van der Waals surface area contributed by atoms with Crippen molar-refractivity contribution in [2.75, 3.05) is 0 Å². The highest BCUT2D eigenvalue weighted by Gasteiger charge is 2.18. The van der Waals surface area contributed by atoms with Crippen molar-refractivity contribution in [1.29, 1.82) is 0 Å². The quantitative estimate of drug-likeness (QED) is 0.495. The Kier molecular flexibility index (Phi) is 6.82. The van der Waals surface area contributed by atoms with E-state index in [2.05, 4.69) is 30.6 Å². The van der Waals surface area contributed by atoms with Gasteiger partial charge in [0, 0.05) is 12.2 Å². The summed E-state index contributed by atoms with van der Waals surface area (Å²) in [5, 5.41) is 4.63. The van der Waals surface area contributed by atoms with Gasteiger partial charge >= 0.3 is 0 Å². The monoisotopic (exact) mass is 264 g/mol. The molecule has 0 atom stereocenters. The largest absolute Gasteiger partial charge is 0.294 e. The minimum absolute atomic E-state index is 0.158. The molecule has 0 aromatic carbocycles. The van der Waals surface area contributed by atoms with Crippen LogP contribution in [0.25, 0.3) is 0 Å². The molecule has 0 N–H and O–H groups in total. The Labute approximate surface area is 117 Å². The Morgan fingerprint density at radius 2 is 1.74 bits per heavy atom. The van der Waals surface area contributed by atoms with Crippen LogP contribution in [-0.2, 0) is 19.4 Å². The maximum absolute atomic E-state index is 11.8. The van der Waals surface area contributed by atoms with E-state index in [9.17, 15) is 4.79 Å². The summed E-state index contributed by atoms with van der Waals surface area (Å²) >= 11 is 0. The summed E-state index contributed by atoms with van der Waals surface area (Å²) in [6.45, 7) is 9.01. The number of rotatable bonds is 9. The van der Waals surface area contributed by atoms with E-state index >= 15 is 0 Å². The third-order valence-electron chi connectivity index (χ3n) is 3.63. The molecule has 0 aliphatic rings. The molecule has 1 rings (SSSR count). The van der Waals surface area contributed by atoms with Gasteiger partial charge in [-0.2, -0.15) is 5.10 Å². The number of aryl methyl sites for hydroxylation is 2. The maximum atomic E-state index is 11.8. The van der Waals surface area contributed by atoms with Crippen LogP contribution in [0.4, 0.5) is 0 Å². The molecule has 0 aliphatic carbocycles. The van der Waals surface area contributed by atoms with Gasteiger partial charge in [0.1, 0.15) is 0 Å². The zero-order valence-electron chi connectivity index (χ0n) is 13.0. The minimum Gasteiger partial charge on any atom is -0.294 e. The molecular formula is C16H28N2O. The summed E-state index contributed by atoms with van der Waals surface area (Å²) in [6.07, 6.45) is 8.04. The Balaban J connectivity index is 2.74. The van der Waals surface area contributed by atoms with Gasteiger partial charge < -0.3 is 0 Å². The van der Waals surface area contributed by atoms with Gasteiger partial charge in [0.15, 0.2) is 5.78 Å². The normalized spacial score (nSPS) is 10.9. The summed E-state index contributed by atoms with van der Waals surface area (Å²) < 4.78 is 2.07. The molecule has 0 spiro atoms. The van der Waals surface area contributed by atoms with Crippen LogP contribution in [0.3, 0.4) is 0 Å². The molecule has 1 heterocycles. The van der Waals surface area contributed by atoms with Crippen LogP contribution in [0.1, 0.15) is 81.5 Å². The Morgan fingerprint density at radius 3 is 2.26 bits per heavy atom. The van der Waals surface area contributed by atoms with Crippen LogP contribution in [0.15, 0.2) is 0 Å². The fraction of sp³-hybridized carbons (Fsp3) is 0.750. The molecule has 108 valence electrons. The van der Waals surface area contributed by atoms with Crippen LogP contribution in [0.2, 0.25) is 0 Å². The lowest BCUT2D eigenvalue weighted by atomic mass is 10.1. The van der Waals surface area contributed by atoms with Gasteiger partial charge in [-0.1, -0.05) is 46.5 Å². The highest BCUT2D eigenvalue weighted by atomic mass is 16.1. The number of Topliss-reactive ketones (excluding diaryl/α,β-unsaturated/α-hetero) is 1. The average molecular weight is 264 g/mol. The van der Waals surface area contributed by atoms with Crippen LogP contribution in [-0.4, -0.2) is 15.6 Å². The van der Waals surface area contributed by atoms with Crippen LogP contribution >= 0.6 is 0 Å². The number of carbonyl (C=O) groups excluding carboxylic acids is 1. The zero-order valence-corrected chi connectivity index (χ0v) is 13.0. The molecule has 0 saturated carbocycles. The van der Waals surface area contributed by atoms with Crippen molar-refractivity contribution in [3.8, 4) is 0 Å². The Hall–Kier alpha value is -1.12. The van der Waals surface area contributed by atoms with Crippen molar-refractivity contribution in [2.24, 2.45) is 0 Å². The van der Waals surface area contributed by atoms with Gasteiger partial charge in [0.25, 0.3) is 0 Å². The van der Waals surface area contributed by atoms with E-state index in [1.807, 2.05) is 0 Å². The summed E-state index contributed by atoms with van der Waals surface area (Å²) in [4.78, 5) is 11.8. The molecule has 19 heavy (non-hydrogen) atoms. The van der Waals surface area contributed by atoms with E-state index in [0.717, 1.165) is 42.8 Å². The van der Waals surface area contributed by atoms with Crippen molar-refractivity contribution in [3.63, 3.8) is 0 Å². The standard InChI is InChI=1S/C16H28N2O/c1-5-8-9-10-11-12-18-15(7-3)16(13(4)19)14(6-2)17-18/h5-12H2,1-4H3. The molecule has 0 fully saturated rings. The molecule has 0 bridgehead atoms. The van der Waals surface area contributed by atoms with E-state index < -0.39 is 0 Å². The SMILES string of the molecule is CCCCCCCn1nc(CC)c(C(C)=O)c1CC. The van der Waals surface area contributed by atoms with E-state index in [-0.39, 0.29) is 5.78 Å². The second-order valence-electron chi connectivity index (χ2n) is 5.17. The average Bonchev–Trinajstić information content (AvgIpc) is 2.76. The predicted octanol–water partition coefficient (Wildman–Crippen LogP) is 4.18. The zero-order chi connectivity index (χ0) is 14.3. The lowest BCUT2D eigenvalue weighted by Crippen LogP contribution is -2.07. The summed E-state index contributed by atoms with van der Waals surface area (Å²) in [6, 6.07) is 0. The lowest BCUT2D eigenvalue weighted by molar-refractivity contribution is 0.101. The van der Waals surface area contributed by atoms with Crippen molar-refractivity contribution < 1.29 is 4.79 Å². The number of aromatic nitrogens is 2. The molecule has 0 amide bonds. The second kappa shape index (κ2) is 8.13. The molecule has 3 nitrogen and oxygen atoms in total. The number of hydrogen-bond donors (Lipinski definition) is 0. The number of nitrogens with zero attached hydrogens (tertiary/aromatic N) is 2. The van der Waals surface area contributed by atoms with Gasteiger partial charge in [-0.25, -0.2) is 0 Å². The third-order valence-corrected chi connectivity index (χ3v) is 3.63. The molecule has 0 unspecified atom stereocenters. The second-order valence-corrected chi connectivity index (χ2v) is 5.17. The van der Waals surface area contributed by atoms with Gasteiger partial charge in [0.05, 0.1) is 11.3 Å². The molecule has 0 aliphatic heterocycles. The fourth-order valence-electron chi connectivity index (χ4n) is 2.61. The number of ketones is 1. The molecule has 1 aromatic heterocycles. The minimum atomic E-state index is 0.158. The number of unbranched alkanes of at least 4 members (excludes halogenated alkanes) is 4. The van der Waals surface area contributed by atoms with Gasteiger partial charge in [-0.05, 0) is 26.2 Å². The van der Waals surface area contributed by atoms with E-state index in [4.69, 9.17) is 0 Å². The maximum Gasteiger partial charge on any atom is 0.163 e. The topological polar surface area (TPSA) is 34.9 Å². The Morgan fingerprint density at radius 1 is 1.05 bits per heavy atom. The molecule has 0 saturated heterocycles. The predicted molar refractivity (Wildman–Crippen MR) is 79.7 cm³/mol. The Bertz CT molecular complexity index is 407. The third kappa shape index (κ3) is 4.19. The van der Waals surface area contributed by atoms with Crippen LogP contribution in [0.5, 0.6) is 0 Å². The molecule has 0 radical (unpaired) electrons. The first kappa shape index (κ1) is 15.9. The van der Waals surface area contributed by atoms with E-state index in [0.29, 0.717) is 0 Å². The van der Waals surface area contributed by atoms with Crippen molar-refractivity contribution in [3.05, 3.63) is 17.0 Å². The van der Waals surface area contributed by atoms with E-state index in [1.165, 1.54) is 25.7 Å². The van der Waals surface area contributed by atoms with Gasteiger partial charge in [-0.15, -0.1) is 0 Å². The van der Waals surface area contributed by atoms with Crippen molar-refractivity contribution in [1.82, 2.24) is 9.78 Å². The summed E-state index contributed by atoms with van der Waals surface area (Å²) in [5.74, 6) is 0.158. The van der Waals surface area contributed by atoms with Gasteiger partial charge in [-0.3, -0.25) is 9.48 Å². The highest BCUT2D eigenvalue weighted by molar-refractivity contribution is 5.96. The lowest BCUT2D eigenvalue weighted by Gasteiger charge is -2.06. The fourth-order valence-corrected chi connectivity index (χ4v) is 2.61. The molecule has 1 aromatic rings. The summed E-state index contributed by atoms with van der Waals surface area (Å²) in [7, 11) is 0. The van der Waals surface area contributed by atoms with E-state index in [1.54, 1.807) is 6.92 Å². The number of carbonyl (C=O) groups is 1. The van der Waals surface area contributed by atoms with Crippen molar-refractivity contribution in [2.45, 2.75) is 79.2 Å². The smallest absolute Gasteiger partial charge is 0.163 e. The summed E-state index contributed by atoms with van der Waals surface area (Å²) in [5.41, 5.74) is 2.97.